The molecule has 0 radical (unpaired) electrons. The molecule has 0 spiro atoms. The average molecular weight is 361 g/mol. The van der Waals surface area contributed by atoms with Crippen LogP contribution in [0.1, 0.15) is 11.3 Å². The fourth-order valence-corrected chi connectivity index (χ4v) is 3.13. The minimum absolute atomic E-state index is 0.0323. The maximum absolute atomic E-state index is 12.1. The maximum Gasteiger partial charge on any atom is 0.258 e. The van der Waals surface area contributed by atoms with Gasteiger partial charge in [-0.25, -0.2) is 4.98 Å². The first-order chi connectivity index (χ1) is 10.1. The molecule has 0 aliphatic heterocycles. The van der Waals surface area contributed by atoms with E-state index in [9.17, 15) is 4.79 Å². The van der Waals surface area contributed by atoms with E-state index in [1.165, 1.54) is 0 Å². The zero-order valence-corrected chi connectivity index (χ0v) is 13.8. The Hall–Kier alpha value is -1.59. The largest absolute Gasteiger partial charge is 0.269 e. The minimum atomic E-state index is -0.0323. The molecule has 2 aromatic heterocycles. The third-order valence-electron chi connectivity index (χ3n) is 3.14. The van der Waals surface area contributed by atoms with E-state index in [-0.39, 0.29) is 5.56 Å². The number of rotatable bonds is 3. The molecule has 21 heavy (non-hydrogen) atoms. The number of hydrogen-bond acceptors (Lipinski definition) is 3. The van der Waals surface area contributed by atoms with Crippen molar-refractivity contribution in [2.24, 2.45) is 0 Å². The van der Waals surface area contributed by atoms with Crippen LogP contribution in [-0.2, 0) is 5.75 Å². The molecule has 106 valence electrons. The predicted molar refractivity (Wildman–Crippen MR) is 89.9 cm³/mol. The van der Waals surface area contributed by atoms with Crippen molar-refractivity contribution in [2.45, 2.75) is 17.6 Å². The Kier molecular flexibility index (Phi) is 4.12. The molecule has 0 unspecified atom stereocenters. The second-order valence-corrected chi connectivity index (χ2v) is 6.68. The lowest BCUT2D eigenvalue weighted by molar-refractivity contribution is 1.00. The van der Waals surface area contributed by atoms with Gasteiger partial charge in [0, 0.05) is 27.4 Å². The number of aryl methyl sites for hydroxylation is 1. The molecule has 0 atom stereocenters. The summed E-state index contributed by atoms with van der Waals surface area (Å²) in [5.74, 6) is 0.682. The van der Waals surface area contributed by atoms with E-state index in [0.717, 1.165) is 26.3 Å². The van der Waals surface area contributed by atoms with Gasteiger partial charge < -0.3 is 0 Å². The van der Waals surface area contributed by atoms with Crippen molar-refractivity contribution in [2.75, 3.05) is 0 Å². The lowest BCUT2D eigenvalue weighted by Crippen LogP contribution is -2.15. The first-order valence-electron chi connectivity index (χ1n) is 6.50. The van der Waals surface area contributed by atoms with Crippen molar-refractivity contribution in [1.29, 1.82) is 0 Å². The zero-order valence-electron chi connectivity index (χ0n) is 11.4. The highest BCUT2D eigenvalue weighted by Crippen LogP contribution is 2.23. The summed E-state index contributed by atoms with van der Waals surface area (Å²) in [6.45, 7) is 1.97. The lowest BCUT2D eigenvalue weighted by atomic mass is 10.3. The van der Waals surface area contributed by atoms with Crippen molar-refractivity contribution in [3.05, 3.63) is 74.7 Å². The number of benzene rings is 1. The van der Waals surface area contributed by atoms with Crippen molar-refractivity contribution in [3.8, 4) is 0 Å². The average Bonchev–Trinajstić information content (AvgIpc) is 2.48. The summed E-state index contributed by atoms with van der Waals surface area (Å²) in [4.78, 5) is 17.9. The zero-order chi connectivity index (χ0) is 14.8. The molecule has 3 rings (SSSR count). The number of pyridine rings is 1. The van der Waals surface area contributed by atoms with Gasteiger partial charge in [-0.1, -0.05) is 22.0 Å². The van der Waals surface area contributed by atoms with E-state index in [1.54, 1.807) is 28.4 Å². The van der Waals surface area contributed by atoms with Gasteiger partial charge in [0.1, 0.15) is 5.65 Å². The fraction of sp³-hybridized carbons (Fsp3) is 0.125. The summed E-state index contributed by atoms with van der Waals surface area (Å²) < 4.78 is 2.65. The highest BCUT2D eigenvalue weighted by Gasteiger charge is 2.05. The lowest BCUT2D eigenvalue weighted by Gasteiger charge is -2.06. The SMILES string of the molecule is Cc1cccn2c(=O)cc(CSc3ccc(Br)cc3)nc12. The van der Waals surface area contributed by atoms with Gasteiger partial charge in [-0.15, -0.1) is 11.8 Å². The smallest absolute Gasteiger partial charge is 0.258 e. The van der Waals surface area contributed by atoms with Gasteiger partial charge in [-0.05, 0) is 42.8 Å². The third-order valence-corrected chi connectivity index (χ3v) is 4.71. The van der Waals surface area contributed by atoms with Gasteiger partial charge in [0.15, 0.2) is 0 Å². The monoisotopic (exact) mass is 360 g/mol. The van der Waals surface area contributed by atoms with Gasteiger partial charge in [0.05, 0.1) is 5.69 Å². The van der Waals surface area contributed by atoms with E-state index in [4.69, 9.17) is 0 Å². The Morgan fingerprint density at radius 3 is 2.76 bits per heavy atom. The van der Waals surface area contributed by atoms with Crippen LogP contribution in [0.5, 0.6) is 0 Å². The van der Waals surface area contributed by atoms with Gasteiger partial charge >= 0.3 is 0 Å². The van der Waals surface area contributed by atoms with Crippen LogP contribution >= 0.6 is 27.7 Å². The topological polar surface area (TPSA) is 34.4 Å². The summed E-state index contributed by atoms with van der Waals surface area (Å²) in [6, 6.07) is 13.6. The summed E-state index contributed by atoms with van der Waals surface area (Å²) >= 11 is 5.09. The molecule has 0 saturated heterocycles. The van der Waals surface area contributed by atoms with Gasteiger partial charge in [-0.2, -0.15) is 0 Å². The highest BCUT2D eigenvalue weighted by molar-refractivity contribution is 9.10. The first-order valence-corrected chi connectivity index (χ1v) is 8.27. The number of fused-ring (bicyclic) bond motifs is 1. The number of halogens is 1. The predicted octanol–water partition coefficient (Wildman–Crippen LogP) is 4.06. The third kappa shape index (κ3) is 3.19. The van der Waals surface area contributed by atoms with Crippen molar-refractivity contribution >= 4 is 33.3 Å². The Labute approximate surface area is 135 Å². The molecule has 0 aliphatic rings. The minimum Gasteiger partial charge on any atom is -0.269 e. The van der Waals surface area contributed by atoms with E-state index < -0.39 is 0 Å². The quantitative estimate of drug-likeness (QED) is 0.660. The number of aromatic nitrogens is 2. The molecular weight excluding hydrogens is 348 g/mol. The van der Waals surface area contributed by atoms with Crippen LogP contribution in [0.25, 0.3) is 5.65 Å². The van der Waals surface area contributed by atoms with E-state index >= 15 is 0 Å². The summed E-state index contributed by atoms with van der Waals surface area (Å²) in [5.41, 5.74) is 2.51. The van der Waals surface area contributed by atoms with E-state index in [1.807, 2.05) is 43.3 Å². The van der Waals surface area contributed by atoms with Crippen molar-refractivity contribution in [1.82, 2.24) is 9.38 Å². The number of thioether (sulfide) groups is 1. The van der Waals surface area contributed by atoms with Crippen LogP contribution in [0.15, 0.2) is 62.8 Å². The van der Waals surface area contributed by atoms with Crippen molar-refractivity contribution < 1.29 is 0 Å². The molecule has 0 aliphatic carbocycles. The molecule has 0 bridgehead atoms. The molecule has 3 aromatic rings. The molecule has 0 saturated carbocycles. The molecule has 3 nitrogen and oxygen atoms in total. The molecule has 2 heterocycles. The van der Waals surface area contributed by atoms with Crippen LogP contribution < -0.4 is 5.56 Å². The molecule has 5 heteroatoms. The summed E-state index contributed by atoms with van der Waals surface area (Å²) in [6.07, 6.45) is 1.75. The van der Waals surface area contributed by atoms with Crippen LogP contribution in [0.2, 0.25) is 0 Å². The van der Waals surface area contributed by atoms with Gasteiger partial charge in [-0.3, -0.25) is 9.20 Å². The Bertz CT molecular complexity index is 843. The van der Waals surface area contributed by atoms with Crippen LogP contribution in [0, 0.1) is 6.92 Å². The first kappa shape index (κ1) is 14.4. The second kappa shape index (κ2) is 6.03. The van der Waals surface area contributed by atoms with Gasteiger partial charge in [0.25, 0.3) is 5.56 Å². The normalized spacial score (nSPS) is 11.0. The maximum atomic E-state index is 12.1. The van der Waals surface area contributed by atoms with Crippen LogP contribution in [0.3, 0.4) is 0 Å². The second-order valence-electron chi connectivity index (χ2n) is 4.71. The number of hydrogen-bond donors (Lipinski definition) is 0. The highest BCUT2D eigenvalue weighted by atomic mass is 79.9. The molecule has 1 aromatic carbocycles. The van der Waals surface area contributed by atoms with E-state index in [0.29, 0.717) is 5.75 Å². The number of nitrogens with zero attached hydrogens (tertiary/aromatic N) is 2. The summed E-state index contributed by atoms with van der Waals surface area (Å²) in [5, 5.41) is 0. The molecule has 0 amide bonds. The Balaban J connectivity index is 1.89. The molecular formula is C16H13BrN2OS. The fourth-order valence-electron chi connectivity index (χ4n) is 2.07. The molecule has 0 fully saturated rings. The standard InChI is InChI=1S/C16H13BrN2OS/c1-11-3-2-8-19-15(20)9-13(18-16(11)19)10-21-14-6-4-12(17)5-7-14/h2-9H,10H2,1H3. The Morgan fingerprint density at radius 2 is 2.00 bits per heavy atom. The van der Waals surface area contributed by atoms with Crippen LogP contribution in [0.4, 0.5) is 0 Å². The van der Waals surface area contributed by atoms with Gasteiger partial charge in [0.2, 0.25) is 0 Å². The molecule has 0 N–H and O–H groups in total. The van der Waals surface area contributed by atoms with E-state index in [2.05, 4.69) is 20.9 Å². The summed E-state index contributed by atoms with van der Waals surface area (Å²) in [7, 11) is 0. The Morgan fingerprint density at radius 1 is 1.24 bits per heavy atom. The van der Waals surface area contributed by atoms with Crippen LogP contribution in [-0.4, -0.2) is 9.38 Å². The van der Waals surface area contributed by atoms with Crippen molar-refractivity contribution in [3.63, 3.8) is 0 Å².